The molecule has 7 heteroatoms. The second-order valence-electron chi connectivity index (χ2n) is 6.65. The highest BCUT2D eigenvalue weighted by atomic mass is 127. The number of nitrogens with one attached hydrogen (secondary N) is 3. The van der Waals surface area contributed by atoms with Crippen molar-refractivity contribution in [3.8, 4) is 0 Å². The van der Waals surface area contributed by atoms with Crippen LogP contribution in [-0.2, 0) is 6.54 Å². The molecule has 1 aliphatic carbocycles. The van der Waals surface area contributed by atoms with Gasteiger partial charge >= 0.3 is 0 Å². The van der Waals surface area contributed by atoms with Gasteiger partial charge in [-0.2, -0.15) is 0 Å². The lowest BCUT2D eigenvalue weighted by Crippen LogP contribution is -2.40. The normalized spacial score (nSPS) is 14.6. The second-order valence-corrected chi connectivity index (χ2v) is 8.20. The van der Waals surface area contributed by atoms with Crippen LogP contribution in [-0.4, -0.2) is 37.3 Å². The molecule has 0 atom stereocenters. The first-order valence-electron chi connectivity index (χ1n) is 9.14. The number of thioether (sulfide) groups is 1. The van der Waals surface area contributed by atoms with Crippen LogP contribution in [0.4, 0.5) is 0 Å². The van der Waals surface area contributed by atoms with Crippen LogP contribution in [0.15, 0.2) is 64.5 Å². The third kappa shape index (κ3) is 6.41. The number of aliphatic imine (C=N–C) groups is 1. The first-order chi connectivity index (χ1) is 13.1. The summed E-state index contributed by atoms with van der Waals surface area (Å²) in [6.07, 6.45) is 2.44. The van der Waals surface area contributed by atoms with Crippen LogP contribution in [0.3, 0.4) is 0 Å². The molecule has 0 heterocycles. The van der Waals surface area contributed by atoms with Gasteiger partial charge in [0.15, 0.2) is 5.96 Å². The zero-order chi connectivity index (χ0) is 19.1. The number of rotatable bonds is 7. The highest BCUT2D eigenvalue weighted by Crippen LogP contribution is 2.51. The molecule has 28 heavy (non-hydrogen) atoms. The molecule has 0 saturated heterocycles. The molecule has 1 saturated carbocycles. The van der Waals surface area contributed by atoms with Crippen molar-refractivity contribution in [1.29, 1.82) is 0 Å². The number of amides is 1. The Labute approximate surface area is 188 Å². The van der Waals surface area contributed by atoms with Gasteiger partial charge in [0.25, 0.3) is 5.91 Å². The van der Waals surface area contributed by atoms with Crippen LogP contribution in [0, 0.1) is 0 Å². The fraction of sp³-hybridized carbons (Fsp3) is 0.333. The maximum absolute atomic E-state index is 11.6. The topological polar surface area (TPSA) is 65.5 Å². The van der Waals surface area contributed by atoms with Gasteiger partial charge in [-0.1, -0.05) is 30.3 Å². The molecule has 1 aliphatic rings. The number of nitrogens with zero attached hydrogens (tertiary/aromatic N) is 1. The van der Waals surface area contributed by atoms with Crippen LogP contribution in [0.1, 0.15) is 28.8 Å². The van der Waals surface area contributed by atoms with Crippen LogP contribution in [0.2, 0.25) is 0 Å². The van der Waals surface area contributed by atoms with Gasteiger partial charge in [-0.3, -0.25) is 9.79 Å². The molecule has 0 bridgehead atoms. The van der Waals surface area contributed by atoms with Gasteiger partial charge in [-0.25, -0.2) is 0 Å². The Morgan fingerprint density at radius 2 is 1.75 bits per heavy atom. The summed E-state index contributed by atoms with van der Waals surface area (Å²) >= 11 is 1.95. The van der Waals surface area contributed by atoms with Crippen molar-refractivity contribution in [2.24, 2.45) is 4.99 Å². The molecule has 3 rings (SSSR count). The quantitative estimate of drug-likeness (QED) is 0.302. The third-order valence-electron chi connectivity index (χ3n) is 4.59. The summed E-state index contributed by atoms with van der Waals surface area (Å²) < 4.78 is 0.272. The predicted octanol–water partition coefficient (Wildman–Crippen LogP) is 3.65. The van der Waals surface area contributed by atoms with Gasteiger partial charge in [0.2, 0.25) is 0 Å². The van der Waals surface area contributed by atoms with E-state index in [2.05, 4.69) is 51.3 Å². The summed E-state index contributed by atoms with van der Waals surface area (Å²) in [5.41, 5.74) is 1.77. The molecule has 0 radical (unpaired) electrons. The van der Waals surface area contributed by atoms with Crippen molar-refractivity contribution in [3.05, 3.63) is 65.7 Å². The molecule has 0 aliphatic heterocycles. The summed E-state index contributed by atoms with van der Waals surface area (Å²) in [6, 6.07) is 18.1. The lowest BCUT2D eigenvalue weighted by atomic mass is 10.1. The molecule has 3 N–H and O–H groups in total. The molecule has 5 nitrogen and oxygen atoms in total. The van der Waals surface area contributed by atoms with Gasteiger partial charge < -0.3 is 16.0 Å². The largest absolute Gasteiger partial charge is 0.355 e. The van der Waals surface area contributed by atoms with E-state index in [-0.39, 0.29) is 34.6 Å². The Morgan fingerprint density at radius 3 is 2.32 bits per heavy atom. The van der Waals surface area contributed by atoms with Crippen molar-refractivity contribution < 1.29 is 4.79 Å². The number of hydrogen-bond acceptors (Lipinski definition) is 3. The number of guanidine groups is 1. The minimum Gasteiger partial charge on any atom is -0.355 e. The van der Waals surface area contributed by atoms with E-state index in [0.717, 1.165) is 18.1 Å². The van der Waals surface area contributed by atoms with Crippen molar-refractivity contribution in [2.45, 2.75) is 29.0 Å². The summed E-state index contributed by atoms with van der Waals surface area (Å²) in [5, 5.41) is 9.43. The molecular formula is C21H27IN4OS. The van der Waals surface area contributed by atoms with Gasteiger partial charge in [-0.15, -0.1) is 35.7 Å². The van der Waals surface area contributed by atoms with Crippen molar-refractivity contribution >= 4 is 47.6 Å². The van der Waals surface area contributed by atoms with E-state index in [1.165, 1.54) is 17.7 Å². The van der Waals surface area contributed by atoms with Gasteiger partial charge in [-0.05, 0) is 42.7 Å². The Balaban J connectivity index is 0.00000280. The minimum atomic E-state index is -0.0716. The highest BCUT2D eigenvalue weighted by molar-refractivity contribution is 14.0. The highest BCUT2D eigenvalue weighted by Gasteiger charge is 2.43. The molecule has 2 aromatic rings. The number of hydrogen-bond donors (Lipinski definition) is 3. The number of carbonyl (C=O) groups is 1. The van der Waals surface area contributed by atoms with E-state index in [4.69, 9.17) is 0 Å². The van der Waals surface area contributed by atoms with Crippen LogP contribution in [0.5, 0.6) is 0 Å². The standard InChI is InChI=1S/C21H26N4OS.HI/c1-22-19(26)17-10-8-16(9-11-17)14-24-20(23-2)25-15-21(12-13-21)27-18-6-4-3-5-7-18;/h3-11H,12-15H2,1-2H3,(H,22,26)(H2,23,24,25);1H. The smallest absolute Gasteiger partial charge is 0.251 e. The Kier molecular flexibility index (Phi) is 8.62. The molecule has 1 fully saturated rings. The zero-order valence-electron chi connectivity index (χ0n) is 16.2. The first kappa shape index (κ1) is 22.5. The lowest BCUT2D eigenvalue weighted by Gasteiger charge is -2.18. The average molecular weight is 510 g/mol. The van der Waals surface area contributed by atoms with Crippen molar-refractivity contribution in [2.75, 3.05) is 20.6 Å². The van der Waals surface area contributed by atoms with Crippen LogP contribution >= 0.6 is 35.7 Å². The molecular weight excluding hydrogens is 483 g/mol. The SMILES string of the molecule is CN=C(NCc1ccc(C(=O)NC)cc1)NCC1(Sc2ccccc2)CC1.I. The van der Waals surface area contributed by atoms with E-state index in [9.17, 15) is 4.79 Å². The molecule has 150 valence electrons. The first-order valence-corrected chi connectivity index (χ1v) is 9.95. The maximum Gasteiger partial charge on any atom is 0.251 e. The zero-order valence-corrected chi connectivity index (χ0v) is 19.3. The average Bonchev–Trinajstić information content (AvgIpc) is 3.48. The minimum absolute atomic E-state index is 0. The van der Waals surface area contributed by atoms with Gasteiger partial charge in [0.05, 0.1) is 0 Å². The van der Waals surface area contributed by atoms with Crippen molar-refractivity contribution in [1.82, 2.24) is 16.0 Å². The van der Waals surface area contributed by atoms with Gasteiger partial charge in [0.1, 0.15) is 0 Å². The molecule has 0 spiro atoms. The third-order valence-corrected chi connectivity index (χ3v) is 6.08. The summed E-state index contributed by atoms with van der Waals surface area (Å²) in [6.45, 7) is 1.55. The maximum atomic E-state index is 11.6. The summed E-state index contributed by atoms with van der Waals surface area (Å²) in [4.78, 5) is 17.2. The van der Waals surface area contributed by atoms with E-state index >= 15 is 0 Å². The summed E-state index contributed by atoms with van der Waals surface area (Å²) in [5.74, 6) is 0.725. The number of carbonyl (C=O) groups excluding carboxylic acids is 1. The fourth-order valence-corrected chi connectivity index (χ4v) is 4.01. The monoisotopic (exact) mass is 510 g/mol. The van der Waals surface area contributed by atoms with Crippen LogP contribution in [0.25, 0.3) is 0 Å². The Morgan fingerprint density at radius 1 is 1.07 bits per heavy atom. The van der Waals surface area contributed by atoms with Crippen molar-refractivity contribution in [3.63, 3.8) is 0 Å². The van der Waals surface area contributed by atoms with E-state index in [1.54, 1.807) is 14.1 Å². The molecule has 0 unspecified atom stereocenters. The molecule has 2 aromatic carbocycles. The second kappa shape index (κ2) is 10.7. The molecule has 0 aromatic heterocycles. The predicted molar refractivity (Wildman–Crippen MR) is 128 cm³/mol. The fourth-order valence-electron chi connectivity index (χ4n) is 2.76. The van der Waals surface area contributed by atoms with Gasteiger partial charge in [0, 0.05) is 42.4 Å². The van der Waals surface area contributed by atoms with E-state index in [0.29, 0.717) is 12.1 Å². The molecule has 1 amide bonds. The van der Waals surface area contributed by atoms with Crippen LogP contribution < -0.4 is 16.0 Å². The number of benzene rings is 2. The lowest BCUT2D eigenvalue weighted by molar-refractivity contribution is 0.0963. The Bertz CT molecular complexity index is 792. The number of halogens is 1. The summed E-state index contributed by atoms with van der Waals surface area (Å²) in [7, 11) is 3.42. The Hall–Kier alpha value is -1.74. The van der Waals surface area contributed by atoms with E-state index < -0.39 is 0 Å². The van der Waals surface area contributed by atoms with E-state index in [1.807, 2.05) is 36.0 Å².